The molecule has 63 heavy (non-hydrogen) atoms. The molecular weight excluding hydrogens is 836 g/mol. The fourth-order valence-corrected chi connectivity index (χ4v) is 3.45. The normalized spacial score (nSPS) is 14.4. The molecule has 3 heterocycles. The van der Waals surface area contributed by atoms with Crippen molar-refractivity contribution in [1.29, 1.82) is 0 Å². The zero-order valence-corrected chi connectivity index (χ0v) is 38.4. The van der Waals surface area contributed by atoms with Crippen LogP contribution in [-0.2, 0) is 66.9 Å². The van der Waals surface area contributed by atoms with E-state index in [4.69, 9.17) is 34.0 Å². The zero-order valence-electron chi connectivity index (χ0n) is 38.4. The molecule has 7 N–H and O–H groups in total. The van der Waals surface area contributed by atoms with Crippen LogP contribution in [0.1, 0.15) is 111 Å². The van der Waals surface area contributed by atoms with Gasteiger partial charge in [-0.25, -0.2) is 24.7 Å². The number of carboxylic acids is 2. The number of hydrogen-bond donors (Lipinski definition) is 7. The number of carboxylic acid groups (broad SMARTS) is 2. The van der Waals surface area contributed by atoms with Gasteiger partial charge in [-0.05, 0) is 104 Å². The second-order valence-corrected chi connectivity index (χ2v) is 14.8. The van der Waals surface area contributed by atoms with E-state index in [1.54, 1.807) is 48.5 Å². The Morgan fingerprint density at radius 3 is 1.62 bits per heavy atom. The van der Waals surface area contributed by atoms with Crippen molar-refractivity contribution in [3.8, 4) is 0 Å². The Balaban J connectivity index is -0.000000332. The molecule has 0 aromatic rings. The highest BCUT2D eigenvalue weighted by Gasteiger charge is 2.36. The minimum atomic E-state index is -1.44. The topological polar surface area (TPSA) is 318 Å². The van der Waals surface area contributed by atoms with Gasteiger partial charge in [0, 0.05) is 18.1 Å². The molecule has 23 heteroatoms. The molecule has 0 aromatic heterocycles. The summed E-state index contributed by atoms with van der Waals surface area (Å²) in [6.45, 7) is 30.6. The SMILES string of the molecule is C.C=C1N=C(COC(C)C)NO1.CC(C)NC(=O)C(=O)O.CC(C)NC(=O)C1=NOC(=O)C1.CC(C)OC(C)C(=O)O.CC(C)OCC1(O)COC1.CCOC(=O)C(=O)NC(C)C. The van der Waals surface area contributed by atoms with E-state index in [0.29, 0.717) is 38.1 Å². The minimum absolute atomic E-state index is 0. The largest absolute Gasteiger partial charge is 0.479 e. The van der Waals surface area contributed by atoms with Crippen molar-refractivity contribution >= 4 is 53.1 Å². The summed E-state index contributed by atoms with van der Waals surface area (Å²) in [5.74, 6) is -4.57. The van der Waals surface area contributed by atoms with E-state index < -0.39 is 47.4 Å². The quantitative estimate of drug-likeness (QED) is 0.0744. The maximum atomic E-state index is 11.1. The molecule has 3 aliphatic heterocycles. The lowest BCUT2D eigenvalue weighted by Crippen LogP contribution is -2.53. The number of hydroxylamine groups is 1. The Morgan fingerprint density at radius 1 is 0.810 bits per heavy atom. The Bertz CT molecular complexity index is 1480. The smallest absolute Gasteiger partial charge is 0.396 e. The van der Waals surface area contributed by atoms with Gasteiger partial charge in [0.25, 0.3) is 5.91 Å². The van der Waals surface area contributed by atoms with Crippen LogP contribution in [0.25, 0.3) is 0 Å². The minimum Gasteiger partial charge on any atom is -0.479 e. The lowest BCUT2D eigenvalue weighted by Gasteiger charge is -2.36. The van der Waals surface area contributed by atoms with Crippen molar-refractivity contribution in [2.75, 3.05) is 33.0 Å². The van der Waals surface area contributed by atoms with Crippen LogP contribution >= 0.6 is 0 Å². The highest BCUT2D eigenvalue weighted by molar-refractivity contribution is 6.42. The molecule has 0 aliphatic carbocycles. The molecule has 1 atom stereocenters. The fraction of sp³-hybridized carbons (Fsp3) is 0.725. The van der Waals surface area contributed by atoms with Gasteiger partial charge in [0.05, 0.1) is 51.2 Å². The van der Waals surface area contributed by atoms with E-state index in [2.05, 4.69) is 47.7 Å². The standard InChI is InChI=1S/C7H10N2O3.C7H12N2O2.C7H13NO3.C7H14O3.C6H12O3.C5H9NO3.CH4/c1-4(2)8-7(11)5-3-6(10)12-9-5;1-5(2)10-4-7-8-6(3)11-9-7;1-4-11-7(10)6(9)8-5(2)3;1-6(2)10-5-7(8)3-9-4-7;1-4(2)9-5(3)6(7)8;1-3(2)6-4(7)5(8)9;/h4H,3H2,1-2H3,(H,8,11);5H,3-4H2,1-2H3,(H,8,9);5H,4H2,1-3H3,(H,8,9);6,8H,3-5H2,1-2H3;4-5H,1-3H3,(H,7,8);3H,1-2H3,(H,6,7)(H,8,9);1H4. The van der Waals surface area contributed by atoms with Crippen molar-refractivity contribution in [1.82, 2.24) is 21.4 Å². The number of amides is 3. The van der Waals surface area contributed by atoms with Gasteiger partial charge in [-0.2, -0.15) is 4.99 Å². The van der Waals surface area contributed by atoms with Crippen LogP contribution in [-0.4, -0.2) is 150 Å². The molecule has 3 rings (SSSR count). The van der Waals surface area contributed by atoms with Gasteiger partial charge >= 0.3 is 35.7 Å². The number of carbonyl (C=O) groups excluding carboxylic acids is 5. The summed E-state index contributed by atoms with van der Waals surface area (Å²) < 4.78 is 24.7. The highest BCUT2D eigenvalue weighted by atomic mass is 16.7. The highest BCUT2D eigenvalue weighted by Crippen LogP contribution is 2.17. The monoisotopic (exact) mass is 911 g/mol. The molecule has 0 radical (unpaired) electrons. The molecule has 3 amide bonds. The molecule has 0 bridgehead atoms. The van der Waals surface area contributed by atoms with Crippen LogP contribution in [0.2, 0.25) is 0 Å². The first-order valence-corrected chi connectivity index (χ1v) is 19.7. The van der Waals surface area contributed by atoms with Gasteiger partial charge in [0.15, 0.2) is 17.7 Å². The number of esters is 1. The number of aliphatic imine (C=N–C) groups is 1. The summed E-state index contributed by atoms with van der Waals surface area (Å²) in [6, 6.07) is -0.114. The first-order valence-electron chi connectivity index (χ1n) is 19.7. The summed E-state index contributed by atoms with van der Waals surface area (Å²) in [6.07, 6.45) is -0.349. The molecule has 0 saturated carbocycles. The number of carbonyl (C=O) groups is 7. The zero-order chi connectivity index (χ0) is 48.7. The van der Waals surface area contributed by atoms with Gasteiger partial charge in [0.2, 0.25) is 5.88 Å². The number of nitrogens with one attached hydrogen (secondary N) is 4. The summed E-state index contributed by atoms with van der Waals surface area (Å²) >= 11 is 0. The van der Waals surface area contributed by atoms with Gasteiger partial charge < -0.3 is 64.6 Å². The molecule has 1 unspecified atom stereocenters. The van der Waals surface area contributed by atoms with Crippen LogP contribution in [0.5, 0.6) is 0 Å². The number of aliphatic hydroxyl groups is 1. The first kappa shape index (κ1) is 64.4. The van der Waals surface area contributed by atoms with Crippen LogP contribution in [0.15, 0.2) is 22.6 Å². The van der Waals surface area contributed by atoms with E-state index in [1.165, 1.54) is 6.92 Å². The number of hydrogen-bond acceptors (Lipinski definition) is 18. The third-order valence-corrected chi connectivity index (χ3v) is 6.10. The molecule has 1 fully saturated rings. The molecule has 1 saturated heterocycles. The van der Waals surface area contributed by atoms with Crippen LogP contribution in [0.4, 0.5) is 0 Å². The third-order valence-electron chi connectivity index (χ3n) is 6.10. The van der Waals surface area contributed by atoms with Gasteiger partial charge in [-0.1, -0.05) is 12.6 Å². The summed E-state index contributed by atoms with van der Waals surface area (Å²) in [4.78, 5) is 86.2. The molecule has 0 spiro atoms. The van der Waals surface area contributed by atoms with Gasteiger partial charge in [-0.3, -0.25) is 14.4 Å². The van der Waals surface area contributed by atoms with E-state index >= 15 is 0 Å². The lowest BCUT2D eigenvalue weighted by molar-refractivity contribution is -0.209. The van der Waals surface area contributed by atoms with Crippen molar-refractivity contribution in [3.63, 3.8) is 0 Å². The second kappa shape index (κ2) is 35.3. The Kier molecular flexibility index (Phi) is 36.0. The molecular formula is C40H74N6O17. The maximum absolute atomic E-state index is 11.1. The maximum Gasteiger partial charge on any atom is 0.396 e. The van der Waals surface area contributed by atoms with E-state index in [-0.39, 0.29) is 68.5 Å². The van der Waals surface area contributed by atoms with Gasteiger partial charge in [-0.15, -0.1) is 0 Å². The number of ether oxygens (including phenoxy) is 5. The van der Waals surface area contributed by atoms with Crippen LogP contribution < -0.4 is 21.4 Å². The fourth-order valence-electron chi connectivity index (χ4n) is 3.45. The third kappa shape index (κ3) is 38.2. The van der Waals surface area contributed by atoms with Crippen molar-refractivity contribution in [3.05, 3.63) is 12.5 Å². The van der Waals surface area contributed by atoms with E-state index in [0.717, 1.165) is 0 Å². The van der Waals surface area contributed by atoms with Crippen molar-refractivity contribution in [2.24, 2.45) is 10.1 Å². The molecule has 366 valence electrons. The average Bonchev–Trinajstić information content (AvgIpc) is 3.77. The predicted octanol–water partition coefficient (Wildman–Crippen LogP) is 1.99. The molecule has 3 aliphatic rings. The lowest BCUT2D eigenvalue weighted by atomic mass is 10.0. The Morgan fingerprint density at radius 2 is 1.32 bits per heavy atom. The summed E-state index contributed by atoms with van der Waals surface area (Å²) in [5, 5.41) is 36.3. The van der Waals surface area contributed by atoms with Crippen LogP contribution in [0.3, 0.4) is 0 Å². The predicted molar refractivity (Wildman–Crippen MR) is 231 cm³/mol. The number of oxime groups is 1. The summed E-state index contributed by atoms with van der Waals surface area (Å²) in [7, 11) is 0. The average molecular weight is 911 g/mol. The molecule has 23 nitrogen and oxygen atoms in total. The second-order valence-electron chi connectivity index (χ2n) is 14.8. The van der Waals surface area contributed by atoms with Crippen LogP contribution in [0, 0.1) is 0 Å². The number of rotatable bonds is 14. The first-order chi connectivity index (χ1) is 28.5. The Labute approximate surface area is 371 Å². The summed E-state index contributed by atoms with van der Waals surface area (Å²) in [5.41, 5.74) is 2.04. The van der Waals surface area contributed by atoms with Crippen molar-refractivity contribution < 1.29 is 82.2 Å². The number of aliphatic carboxylic acids is 2. The number of amidine groups is 1. The van der Waals surface area contributed by atoms with E-state index in [9.17, 15) is 38.7 Å². The number of nitrogens with zero attached hydrogens (tertiary/aromatic N) is 2. The van der Waals surface area contributed by atoms with E-state index in [1.807, 2.05) is 41.5 Å². The van der Waals surface area contributed by atoms with Gasteiger partial charge in [0.1, 0.15) is 12.2 Å². The molecule has 0 aromatic carbocycles. The van der Waals surface area contributed by atoms with Crippen molar-refractivity contribution in [2.45, 2.75) is 159 Å². The Hall–Kier alpha value is -5.23.